The van der Waals surface area contributed by atoms with Crippen LogP contribution in [0, 0.1) is 23.2 Å². The fourth-order valence-electron chi connectivity index (χ4n) is 4.75. The summed E-state index contributed by atoms with van der Waals surface area (Å²) in [4.78, 5) is 17.3. The van der Waals surface area contributed by atoms with Crippen molar-refractivity contribution in [1.82, 2.24) is 20.1 Å². The third-order valence-electron chi connectivity index (χ3n) is 6.26. The first-order valence-electron chi connectivity index (χ1n) is 10.5. The number of hydrogen-bond acceptors (Lipinski definition) is 5. The Kier molecular flexibility index (Phi) is 5.92. The number of nitriles is 1. The van der Waals surface area contributed by atoms with E-state index in [2.05, 4.69) is 21.5 Å². The summed E-state index contributed by atoms with van der Waals surface area (Å²) >= 11 is 18.4. The van der Waals surface area contributed by atoms with Gasteiger partial charge in [-0.05, 0) is 55.4 Å². The van der Waals surface area contributed by atoms with Gasteiger partial charge in [-0.25, -0.2) is 4.98 Å². The lowest BCUT2D eigenvalue weighted by molar-refractivity contribution is 0.0917. The second-order valence-corrected chi connectivity index (χ2v) is 9.60. The number of benzene rings is 1. The number of carbonyl (C=O) groups is 1. The standard InChI is InChI=1S/C23H18Cl3N5O2/c24-14-3-5-19(17(26)9-14)31-23(33-20-6-4-15(25)11-28-20)16(10-27)21(30-31)22(32)29-18-8-12-1-2-13(18)7-12/h3-6,9,11-13,18H,1-2,7-8H2,(H,29,32)/t12-,13-,18+/m0/s1. The lowest BCUT2D eigenvalue weighted by Crippen LogP contribution is -2.39. The van der Waals surface area contributed by atoms with E-state index in [9.17, 15) is 10.1 Å². The first kappa shape index (κ1) is 22.0. The maximum absolute atomic E-state index is 13.2. The largest absolute Gasteiger partial charge is 0.419 e. The Hall–Kier alpha value is -2.79. The van der Waals surface area contributed by atoms with Gasteiger partial charge in [0.2, 0.25) is 11.8 Å². The molecule has 2 aliphatic rings. The fourth-order valence-corrected chi connectivity index (χ4v) is 5.35. The molecule has 1 N–H and O–H groups in total. The number of hydrogen-bond donors (Lipinski definition) is 1. The zero-order chi connectivity index (χ0) is 23.1. The van der Waals surface area contributed by atoms with E-state index in [-0.39, 0.29) is 34.1 Å². The highest BCUT2D eigenvalue weighted by Crippen LogP contribution is 2.44. The number of nitrogens with one attached hydrogen (secondary N) is 1. The van der Waals surface area contributed by atoms with Crippen molar-refractivity contribution in [3.8, 4) is 23.5 Å². The van der Waals surface area contributed by atoms with Gasteiger partial charge in [0.15, 0.2) is 5.69 Å². The Morgan fingerprint density at radius 3 is 2.61 bits per heavy atom. The third-order valence-corrected chi connectivity index (χ3v) is 7.03. The first-order valence-corrected chi connectivity index (χ1v) is 11.6. The third kappa shape index (κ3) is 4.26. The van der Waals surface area contributed by atoms with Crippen molar-refractivity contribution < 1.29 is 9.53 Å². The normalized spacial score (nSPS) is 21.1. The summed E-state index contributed by atoms with van der Waals surface area (Å²) in [7, 11) is 0. The van der Waals surface area contributed by atoms with Crippen molar-refractivity contribution in [3.63, 3.8) is 0 Å². The zero-order valence-corrected chi connectivity index (χ0v) is 19.5. The average Bonchev–Trinajstić information content (AvgIpc) is 3.50. The van der Waals surface area contributed by atoms with Crippen molar-refractivity contribution in [2.75, 3.05) is 0 Å². The van der Waals surface area contributed by atoms with Gasteiger partial charge >= 0.3 is 0 Å². The van der Waals surface area contributed by atoms with E-state index < -0.39 is 5.91 Å². The van der Waals surface area contributed by atoms with Gasteiger partial charge in [0.05, 0.1) is 15.7 Å². The molecule has 0 saturated heterocycles. The average molecular weight is 503 g/mol. The van der Waals surface area contributed by atoms with Gasteiger partial charge in [0.1, 0.15) is 11.6 Å². The summed E-state index contributed by atoms with van der Waals surface area (Å²) in [6.45, 7) is 0. The summed E-state index contributed by atoms with van der Waals surface area (Å²) in [5, 5.41) is 18.6. The van der Waals surface area contributed by atoms with Gasteiger partial charge in [-0.2, -0.15) is 15.0 Å². The monoisotopic (exact) mass is 501 g/mol. The molecule has 5 rings (SSSR count). The number of amides is 1. The van der Waals surface area contributed by atoms with E-state index in [0.717, 1.165) is 19.3 Å². The Morgan fingerprint density at radius 2 is 1.97 bits per heavy atom. The molecule has 10 heteroatoms. The van der Waals surface area contributed by atoms with Crippen LogP contribution in [0.2, 0.25) is 15.1 Å². The van der Waals surface area contributed by atoms with Crippen LogP contribution in [0.5, 0.6) is 11.8 Å². The molecule has 3 atom stereocenters. The van der Waals surface area contributed by atoms with Gasteiger partial charge in [-0.1, -0.05) is 41.2 Å². The lowest BCUT2D eigenvalue weighted by atomic mass is 9.95. The number of pyridine rings is 1. The van der Waals surface area contributed by atoms with Crippen LogP contribution in [0.1, 0.15) is 41.7 Å². The summed E-state index contributed by atoms with van der Waals surface area (Å²) in [5.41, 5.74) is 0.356. The molecule has 168 valence electrons. The number of halogens is 3. The van der Waals surface area contributed by atoms with E-state index in [1.54, 1.807) is 30.3 Å². The Balaban J connectivity index is 1.56. The van der Waals surface area contributed by atoms with Crippen LogP contribution in [0.25, 0.3) is 5.69 Å². The van der Waals surface area contributed by atoms with Crippen molar-refractivity contribution in [2.45, 2.75) is 31.7 Å². The maximum Gasteiger partial charge on any atom is 0.273 e. The number of fused-ring (bicyclic) bond motifs is 2. The molecule has 0 spiro atoms. The molecular formula is C23H18Cl3N5O2. The van der Waals surface area contributed by atoms with Gasteiger partial charge in [0, 0.05) is 23.3 Å². The van der Waals surface area contributed by atoms with Gasteiger partial charge in [0.25, 0.3) is 5.91 Å². The van der Waals surface area contributed by atoms with Crippen LogP contribution in [-0.4, -0.2) is 26.7 Å². The van der Waals surface area contributed by atoms with E-state index >= 15 is 0 Å². The second-order valence-electron chi connectivity index (χ2n) is 8.32. The molecule has 7 nitrogen and oxygen atoms in total. The number of aromatic nitrogens is 3. The smallest absolute Gasteiger partial charge is 0.273 e. The Labute approximate surface area is 205 Å². The van der Waals surface area contributed by atoms with E-state index in [4.69, 9.17) is 39.5 Å². The van der Waals surface area contributed by atoms with Gasteiger partial charge in [-0.3, -0.25) is 4.79 Å². The van der Waals surface area contributed by atoms with Gasteiger partial charge in [-0.15, -0.1) is 0 Å². The number of carbonyl (C=O) groups excluding carboxylic acids is 1. The fraction of sp³-hybridized carbons (Fsp3) is 0.304. The molecule has 2 saturated carbocycles. The van der Waals surface area contributed by atoms with Crippen LogP contribution >= 0.6 is 34.8 Å². The van der Waals surface area contributed by atoms with Crippen LogP contribution in [0.4, 0.5) is 0 Å². The zero-order valence-electron chi connectivity index (χ0n) is 17.3. The molecule has 33 heavy (non-hydrogen) atoms. The highest BCUT2D eigenvalue weighted by molar-refractivity contribution is 6.35. The van der Waals surface area contributed by atoms with Crippen LogP contribution in [-0.2, 0) is 0 Å². The SMILES string of the molecule is N#Cc1c(C(=O)N[C@@H]2C[C@H]3CC[C@H]2C3)nn(-c2ccc(Cl)cc2Cl)c1Oc1ccc(Cl)cn1. The number of rotatable bonds is 5. The molecule has 2 aliphatic carbocycles. The van der Waals surface area contributed by atoms with Crippen molar-refractivity contribution >= 4 is 40.7 Å². The predicted octanol–water partition coefficient (Wildman–Crippen LogP) is 5.81. The molecular weight excluding hydrogens is 485 g/mol. The maximum atomic E-state index is 13.2. The Morgan fingerprint density at radius 1 is 1.15 bits per heavy atom. The molecule has 2 bridgehead atoms. The molecule has 1 amide bonds. The van der Waals surface area contributed by atoms with E-state index in [1.165, 1.54) is 17.3 Å². The minimum absolute atomic E-state index is 0.0153. The molecule has 0 radical (unpaired) electrons. The summed E-state index contributed by atoms with van der Waals surface area (Å²) in [5.74, 6) is 0.931. The minimum atomic E-state index is -0.415. The van der Waals surface area contributed by atoms with Gasteiger partial charge < -0.3 is 10.1 Å². The predicted molar refractivity (Wildman–Crippen MR) is 124 cm³/mol. The summed E-state index contributed by atoms with van der Waals surface area (Å²) < 4.78 is 7.24. The van der Waals surface area contributed by atoms with Crippen LogP contribution in [0.3, 0.4) is 0 Å². The quantitative estimate of drug-likeness (QED) is 0.475. The van der Waals surface area contributed by atoms with Crippen molar-refractivity contribution in [2.24, 2.45) is 11.8 Å². The first-order chi connectivity index (χ1) is 15.9. The Bertz CT molecular complexity index is 1270. The lowest BCUT2D eigenvalue weighted by Gasteiger charge is -2.22. The van der Waals surface area contributed by atoms with E-state index in [1.807, 2.05) is 0 Å². The minimum Gasteiger partial charge on any atom is -0.419 e. The van der Waals surface area contributed by atoms with Crippen molar-refractivity contribution in [1.29, 1.82) is 5.26 Å². The highest BCUT2D eigenvalue weighted by atomic mass is 35.5. The molecule has 2 fully saturated rings. The van der Waals surface area contributed by atoms with Crippen LogP contribution < -0.4 is 10.1 Å². The molecule has 1 aromatic carbocycles. The number of ether oxygens (including phenoxy) is 1. The molecule has 0 unspecified atom stereocenters. The van der Waals surface area contributed by atoms with Crippen molar-refractivity contribution in [3.05, 3.63) is 62.9 Å². The van der Waals surface area contributed by atoms with E-state index in [0.29, 0.717) is 27.6 Å². The molecule has 3 aromatic rings. The summed E-state index contributed by atoms with van der Waals surface area (Å²) in [6, 6.07) is 10.1. The number of nitrogens with zero attached hydrogens (tertiary/aromatic N) is 4. The second kappa shape index (κ2) is 8.86. The molecule has 0 aliphatic heterocycles. The highest BCUT2D eigenvalue weighted by Gasteiger charge is 2.41. The molecule has 2 aromatic heterocycles. The summed E-state index contributed by atoms with van der Waals surface area (Å²) in [6.07, 6.45) is 5.85. The topological polar surface area (TPSA) is 92.8 Å². The van der Waals surface area contributed by atoms with Crippen LogP contribution in [0.15, 0.2) is 36.5 Å². The molecule has 2 heterocycles.